The minimum absolute atomic E-state index is 0.723. The Morgan fingerprint density at radius 3 is 2.41 bits per heavy atom. The van der Waals surface area contributed by atoms with Gasteiger partial charge in [0.15, 0.2) is 5.65 Å². The second kappa shape index (κ2) is 7.46. The fraction of sp³-hybridized carbons (Fsp3) is 0.0345. The second-order valence-electron chi connectivity index (χ2n) is 8.34. The van der Waals surface area contributed by atoms with Crippen LogP contribution in [-0.2, 0) is 0 Å². The molecule has 6 aromatic rings. The van der Waals surface area contributed by atoms with Crippen molar-refractivity contribution in [2.24, 2.45) is 4.99 Å². The Kier molecular flexibility index (Phi) is 4.14. The largest absolute Gasteiger partial charge is 0.284 e. The third-order valence-corrected chi connectivity index (χ3v) is 6.25. The summed E-state index contributed by atoms with van der Waals surface area (Å²) in [6.45, 7) is 0.723. The number of aliphatic imine (C=N–C) groups is 1. The lowest BCUT2D eigenvalue weighted by atomic mass is 10.00. The number of rotatable bonds is 3. The highest BCUT2D eigenvalue weighted by atomic mass is 15.1. The van der Waals surface area contributed by atoms with Crippen LogP contribution in [0.1, 0.15) is 5.69 Å². The van der Waals surface area contributed by atoms with Crippen LogP contribution in [0.4, 0.5) is 0 Å². The van der Waals surface area contributed by atoms with Crippen molar-refractivity contribution in [1.29, 1.82) is 0 Å². The smallest absolute Gasteiger partial charge is 0.165 e. The number of imidazole rings is 1. The molecule has 0 saturated heterocycles. The summed E-state index contributed by atoms with van der Waals surface area (Å²) in [4.78, 5) is 19.4. The zero-order valence-electron chi connectivity index (χ0n) is 18.3. The standard InChI is InChI=1S/C29H19N5/c1-2-11-22-21(10-1)27(33-29-28(22)32-26-15-3-4-17-34(26)29)20-9-5-8-19(18-20)23-12-6-13-25(31-23)24-14-7-16-30-24/h1-15,17-18H,16H2. The number of pyridine rings is 3. The van der Waals surface area contributed by atoms with Gasteiger partial charge in [-0.1, -0.05) is 60.7 Å². The molecule has 1 aliphatic heterocycles. The number of hydrogen-bond donors (Lipinski definition) is 0. The maximum Gasteiger partial charge on any atom is 0.165 e. The van der Waals surface area contributed by atoms with Crippen LogP contribution in [0.3, 0.4) is 0 Å². The van der Waals surface area contributed by atoms with E-state index >= 15 is 0 Å². The van der Waals surface area contributed by atoms with Gasteiger partial charge in [0.25, 0.3) is 0 Å². The Morgan fingerprint density at radius 1 is 0.676 bits per heavy atom. The molecule has 5 heterocycles. The molecular weight excluding hydrogens is 418 g/mol. The summed E-state index contributed by atoms with van der Waals surface area (Å²) in [6, 6.07) is 28.9. The second-order valence-corrected chi connectivity index (χ2v) is 8.34. The third-order valence-electron chi connectivity index (χ3n) is 6.25. The summed E-state index contributed by atoms with van der Waals surface area (Å²) >= 11 is 0. The Hall–Kier alpha value is -4.64. The predicted octanol–water partition coefficient (Wildman–Crippen LogP) is 6.12. The number of fused-ring (bicyclic) bond motifs is 5. The van der Waals surface area contributed by atoms with E-state index in [0.29, 0.717) is 0 Å². The molecular formula is C29H19N5. The molecule has 0 fully saturated rings. The molecule has 5 heteroatoms. The molecule has 0 unspecified atom stereocenters. The maximum atomic E-state index is 5.13. The van der Waals surface area contributed by atoms with Crippen LogP contribution >= 0.6 is 0 Å². The van der Waals surface area contributed by atoms with E-state index < -0.39 is 0 Å². The van der Waals surface area contributed by atoms with Gasteiger partial charge in [-0.3, -0.25) is 9.39 Å². The first-order valence-electron chi connectivity index (χ1n) is 11.3. The lowest BCUT2D eigenvalue weighted by molar-refractivity contribution is 1.19. The van der Waals surface area contributed by atoms with Gasteiger partial charge in [-0.15, -0.1) is 0 Å². The first-order chi connectivity index (χ1) is 16.8. The van der Waals surface area contributed by atoms with Crippen LogP contribution in [-0.4, -0.2) is 31.6 Å². The first-order valence-corrected chi connectivity index (χ1v) is 11.3. The van der Waals surface area contributed by atoms with Crippen molar-refractivity contribution in [3.8, 4) is 22.5 Å². The summed E-state index contributed by atoms with van der Waals surface area (Å²) in [7, 11) is 0. The van der Waals surface area contributed by atoms with E-state index in [1.54, 1.807) is 0 Å². The molecule has 0 amide bonds. The molecule has 0 radical (unpaired) electrons. The topological polar surface area (TPSA) is 55.4 Å². The highest BCUT2D eigenvalue weighted by molar-refractivity contribution is 6.10. The summed E-state index contributed by atoms with van der Waals surface area (Å²) in [5.74, 6) is 0. The van der Waals surface area contributed by atoms with E-state index in [0.717, 1.165) is 68.0 Å². The average Bonchev–Trinajstić information content (AvgIpc) is 3.57. The van der Waals surface area contributed by atoms with Gasteiger partial charge < -0.3 is 0 Å². The Bertz CT molecular complexity index is 1790. The van der Waals surface area contributed by atoms with E-state index in [2.05, 4.69) is 64.0 Å². The molecule has 160 valence electrons. The molecule has 0 bridgehead atoms. The molecule has 34 heavy (non-hydrogen) atoms. The Morgan fingerprint density at radius 2 is 1.50 bits per heavy atom. The van der Waals surface area contributed by atoms with Gasteiger partial charge in [0, 0.05) is 28.1 Å². The van der Waals surface area contributed by atoms with Gasteiger partial charge in [-0.25, -0.2) is 15.0 Å². The first kappa shape index (κ1) is 18.9. The van der Waals surface area contributed by atoms with Crippen molar-refractivity contribution in [1.82, 2.24) is 19.4 Å². The Balaban J connectivity index is 1.44. The molecule has 0 aliphatic carbocycles. The summed E-state index contributed by atoms with van der Waals surface area (Å²) in [6.07, 6.45) is 6.10. The summed E-state index contributed by atoms with van der Waals surface area (Å²) in [5, 5.41) is 2.19. The van der Waals surface area contributed by atoms with Crippen LogP contribution in [0.15, 0.2) is 108 Å². The van der Waals surface area contributed by atoms with Crippen LogP contribution in [0.25, 0.3) is 50.1 Å². The highest BCUT2D eigenvalue weighted by Crippen LogP contribution is 2.34. The predicted molar refractivity (Wildman–Crippen MR) is 137 cm³/mol. The molecule has 0 spiro atoms. The van der Waals surface area contributed by atoms with Crippen molar-refractivity contribution in [3.63, 3.8) is 0 Å². The van der Waals surface area contributed by atoms with Gasteiger partial charge in [0.1, 0.15) is 11.2 Å². The monoisotopic (exact) mass is 437 g/mol. The van der Waals surface area contributed by atoms with Crippen molar-refractivity contribution in [3.05, 3.63) is 109 Å². The third kappa shape index (κ3) is 2.94. The van der Waals surface area contributed by atoms with Gasteiger partial charge in [-0.2, -0.15) is 0 Å². The van der Waals surface area contributed by atoms with Crippen molar-refractivity contribution in [2.75, 3.05) is 6.54 Å². The van der Waals surface area contributed by atoms with Crippen LogP contribution in [0, 0.1) is 0 Å². The van der Waals surface area contributed by atoms with E-state index in [9.17, 15) is 0 Å². The van der Waals surface area contributed by atoms with E-state index in [-0.39, 0.29) is 0 Å². The fourth-order valence-corrected chi connectivity index (χ4v) is 4.65. The lowest BCUT2D eigenvalue weighted by Gasteiger charge is -2.10. The van der Waals surface area contributed by atoms with Gasteiger partial charge in [-0.05, 0) is 36.4 Å². The molecule has 1 aliphatic rings. The number of benzene rings is 2. The fourth-order valence-electron chi connectivity index (χ4n) is 4.65. The zero-order chi connectivity index (χ0) is 22.5. The zero-order valence-corrected chi connectivity index (χ0v) is 18.3. The average molecular weight is 438 g/mol. The van der Waals surface area contributed by atoms with Gasteiger partial charge in [0.05, 0.1) is 29.3 Å². The number of allylic oxidation sites excluding steroid dienone is 1. The molecule has 0 atom stereocenters. The quantitative estimate of drug-likeness (QED) is 0.335. The van der Waals surface area contributed by atoms with Crippen molar-refractivity contribution < 1.29 is 0 Å². The Labute approximate surface area is 195 Å². The maximum absolute atomic E-state index is 5.13. The van der Waals surface area contributed by atoms with Gasteiger partial charge >= 0.3 is 0 Å². The van der Waals surface area contributed by atoms with E-state index in [4.69, 9.17) is 15.0 Å². The minimum atomic E-state index is 0.723. The van der Waals surface area contributed by atoms with E-state index in [1.807, 2.05) is 48.7 Å². The molecule has 2 aromatic carbocycles. The number of nitrogens with zero attached hydrogens (tertiary/aromatic N) is 5. The number of aromatic nitrogens is 4. The number of hydrogen-bond acceptors (Lipinski definition) is 4. The van der Waals surface area contributed by atoms with Crippen LogP contribution in [0.5, 0.6) is 0 Å². The lowest BCUT2D eigenvalue weighted by Crippen LogP contribution is -1.99. The molecule has 0 N–H and O–H groups in total. The molecule has 4 aromatic heterocycles. The van der Waals surface area contributed by atoms with Gasteiger partial charge in [0.2, 0.25) is 0 Å². The van der Waals surface area contributed by atoms with Crippen molar-refractivity contribution in [2.45, 2.75) is 0 Å². The molecule has 7 rings (SSSR count). The highest BCUT2D eigenvalue weighted by Gasteiger charge is 2.15. The van der Waals surface area contributed by atoms with Crippen molar-refractivity contribution >= 4 is 33.3 Å². The minimum Gasteiger partial charge on any atom is -0.284 e. The van der Waals surface area contributed by atoms with E-state index in [1.165, 1.54) is 0 Å². The van der Waals surface area contributed by atoms with Crippen LogP contribution in [0.2, 0.25) is 0 Å². The molecule has 0 saturated carbocycles. The SMILES string of the molecule is C1=CC(c2cccc(-c3cccc(-c4nc5c(nc6ccccn65)c5ccccc45)c3)n2)=NC1. The molecule has 5 nitrogen and oxygen atoms in total. The normalized spacial score (nSPS) is 13.2. The summed E-state index contributed by atoms with van der Waals surface area (Å²) < 4.78 is 2.05. The summed E-state index contributed by atoms with van der Waals surface area (Å²) in [5.41, 5.74) is 8.46. The van der Waals surface area contributed by atoms with Crippen LogP contribution < -0.4 is 0 Å².